The number of carbonyl (C=O) groups is 1. The van der Waals surface area contributed by atoms with Crippen molar-refractivity contribution in [3.63, 3.8) is 0 Å². The highest BCUT2D eigenvalue weighted by Crippen LogP contribution is 2.53. The van der Waals surface area contributed by atoms with Crippen LogP contribution in [-0.2, 0) is 10.2 Å². The lowest BCUT2D eigenvalue weighted by Gasteiger charge is -2.40. The molecule has 1 aromatic carbocycles. The number of carboxylic acid groups (broad SMARTS) is 1. The van der Waals surface area contributed by atoms with Crippen LogP contribution in [0.4, 0.5) is 0 Å². The number of aliphatic carboxylic acids is 1. The number of fused-ring (bicyclic) bond motifs is 1. The van der Waals surface area contributed by atoms with Gasteiger partial charge in [-0.2, -0.15) is 0 Å². The minimum atomic E-state index is -1.02. The maximum atomic E-state index is 11.5. The Morgan fingerprint density at radius 3 is 2.56 bits per heavy atom. The molecule has 18 heavy (non-hydrogen) atoms. The fraction of sp³-hybridized carbons (Fsp3) is 0.462. The van der Waals surface area contributed by atoms with Crippen LogP contribution in [0.25, 0.3) is 0 Å². The molecule has 3 rings (SSSR count). The van der Waals surface area contributed by atoms with Gasteiger partial charge in [0.05, 0.1) is 5.56 Å². The van der Waals surface area contributed by atoms with Crippen LogP contribution in [0.3, 0.4) is 0 Å². The van der Waals surface area contributed by atoms with Gasteiger partial charge in [-0.05, 0) is 25.0 Å². The molecule has 5 heteroatoms. The van der Waals surface area contributed by atoms with Crippen molar-refractivity contribution in [2.24, 2.45) is 0 Å². The van der Waals surface area contributed by atoms with E-state index < -0.39 is 11.4 Å². The predicted octanol–water partition coefficient (Wildman–Crippen LogP) is 1.67. The van der Waals surface area contributed by atoms with Gasteiger partial charge in [-0.1, -0.05) is 6.42 Å². The van der Waals surface area contributed by atoms with Gasteiger partial charge in [0.25, 0.3) is 0 Å². The monoisotopic (exact) mass is 250 g/mol. The summed E-state index contributed by atoms with van der Waals surface area (Å²) < 4.78 is 11.0. The number of phenols is 1. The van der Waals surface area contributed by atoms with E-state index in [4.69, 9.17) is 9.47 Å². The molecule has 1 aliphatic heterocycles. The number of rotatable bonds is 2. The maximum Gasteiger partial charge on any atom is 0.314 e. The zero-order valence-corrected chi connectivity index (χ0v) is 9.81. The summed E-state index contributed by atoms with van der Waals surface area (Å²) in [4.78, 5) is 11.5. The number of benzene rings is 1. The van der Waals surface area contributed by atoms with E-state index in [0.717, 1.165) is 6.42 Å². The van der Waals surface area contributed by atoms with E-state index in [1.165, 1.54) is 6.07 Å². The van der Waals surface area contributed by atoms with E-state index in [9.17, 15) is 15.0 Å². The summed E-state index contributed by atoms with van der Waals surface area (Å²) in [5.74, 6) is -0.0297. The molecule has 2 aliphatic rings. The normalized spacial score (nSPS) is 20.0. The Morgan fingerprint density at radius 2 is 1.94 bits per heavy atom. The van der Waals surface area contributed by atoms with Gasteiger partial charge in [0.1, 0.15) is 24.4 Å². The zero-order valence-electron chi connectivity index (χ0n) is 9.81. The first kappa shape index (κ1) is 11.2. The minimum absolute atomic E-state index is 0.0265. The molecule has 2 N–H and O–H groups in total. The van der Waals surface area contributed by atoms with Crippen molar-refractivity contribution in [3.8, 4) is 17.2 Å². The molecule has 0 amide bonds. The van der Waals surface area contributed by atoms with Crippen molar-refractivity contribution >= 4 is 5.97 Å². The smallest absolute Gasteiger partial charge is 0.314 e. The zero-order chi connectivity index (χ0) is 12.8. The molecule has 0 radical (unpaired) electrons. The van der Waals surface area contributed by atoms with Gasteiger partial charge in [-0.15, -0.1) is 0 Å². The summed E-state index contributed by atoms with van der Waals surface area (Å²) >= 11 is 0. The lowest BCUT2D eigenvalue weighted by Crippen LogP contribution is -2.43. The summed E-state index contributed by atoms with van der Waals surface area (Å²) in [7, 11) is 0. The van der Waals surface area contributed by atoms with Crippen molar-refractivity contribution in [3.05, 3.63) is 17.7 Å². The number of hydrogen-bond donors (Lipinski definition) is 2. The third-order valence-electron chi connectivity index (χ3n) is 3.78. The largest absolute Gasteiger partial charge is 0.507 e. The molecular formula is C13H14O5. The van der Waals surface area contributed by atoms with Gasteiger partial charge in [-0.3, -0.25) is 4.79 Å². The van der Waals surface area contributed by atoms with Gasteiger partial charge in [0.15, 0.2) is 11.5 Å². The van der Waals surface area contributed by atoms with Crippen LogP contribution >= 0.6 is 0 Å². The average molecular weight is 250 g/mol. The molecule has 0 bridgehead atoms. The Bertz CT molecular complexity index is 504. The molecule has 0 atom stereocenters. The SMILES string of the molecule is O=C(O)C1(c2c(O)ccc3c2OCCO3)CCC1. The van der Waals surface area contributed by atoms with Crippen LogP contribution in [0.5, 0.6) is 17.2 Å². The number of carboxylic acids is 1. The predicted molar refractivity (Wildman–Crippen MR) is 62.3 cm³/mol. The van der Waals surface area contributed by atoms with E-state index in [-0.39, 0.29) is 5.75 Å². The minimum Gasteiger partial charge on any atom is -0.507 e. The summed E-state index contributed by atoms with van der Waals surface area (Å²) in [6.07, 6.45) is 1.89. The van der Waals surface area contributed by atoms with E-state index in [1.54, 1.807) is 6.07 Å². The third-order valence-corrected chi connectivity index (χ3v) is 3.78. The van der Waals surface area contributed by atoms with Crippen molar-refractivity contribution in [1.82, 2.24) is 0 Å². The Kier molecular flexibility index (Phi) is 2.36. The molecule has 1 aromatic rings. The molecule has 1 saturated carbocycles. The van der Waals surface area contributed by atoms with Crippen LogP contribution in [0.15, 0.2) is 12.1 Å². The van der Waals surface area contributed by atoms with Gasteiger partial charge in [0, 0.05) is 0 Å². The molecule has 1 fully saturated rings. The van der Waals surface area contributed by atoms with Crippen LogP contribution in [0.2, 0.25) is 0 Å². The summed E-state index contributed by atoms with van der Waals surface area (Å²) in [5.41, 5.74) is -0.644. The Labute approximate surface area is 104 Å². The molecule has 0 aromatic heterocycles. The summed E-state index contributed by atoms with van der Waals surface area (Å²) in [5, 5.41) is 19.5. The highest BCUT2D eigenvalue weighted by atomic mass is 16.6. The van der Waals surface area contributed by atoms with E-state index in [1.807, 2.05) is 0 Å². The van der Waals surface area contributed by atoms with Crippen LogP contribution < -0.4 is 9.47 Å². The first-order valence-corrected chi connectivity index (χ1v) is 6.00. The second-order valence-corrected chi connectivity index (χ2v) is 4.72. The summed E-state index contributed by atoms with van der Waals surface area (Å²) in [6.45, 7) is 0.816. The van der Waals surface area contributed by atoms with E-state index >= 15 is 0 Å². The van der Waals surface area contributed by atoms with Crippen molar-refractivity contribution in [2.75, 3.05) is 13.2 Å². The van der Waals surface area contributed by atoms with Crippen molar-refractivity contribution in [2.45, 2.75) is 24.7 Å². The van der Waals surface area contributed by atoms with Crippen LogP contribution in [0.1, 0.15) is 24.8 Å². The number of hydrogen-bond acceptors (Lipinski definition) is 4. The van der Waals surface area contributed by atoms with Crippen molar-refractivity contribution < 1.29 is 24.5 Å². The molecule has 0 saturated heterocycles. The van der Waals surface area contributed by atoms with Gasteiger partial charge in [0.2, 0.25) is 0 Å². The Morgan fingerprint density at radius 1 is 1.22 bits per heavy atom. The fourth-order valence-corrected chi connectivity index (χ4v) is 2.67. The first-order chi connectivity index (χ1) is 8.65. The standard InChI is InChI=1S/C13H14O5/c14-8-2-3-9-11(18-7-6-17-9)10(8)13(12(15)16)4-1-5-13/h2-3,14H,1,4-7H2,(H,15,16). The van der Waals surface area contributed by atoms with Crippen molar-refractivity contribution in [1.29, 1.82) is 0 Å². The van der Waals surface area contributed by atoms with E-state index in [0.29, 0.717) is 43.1 Å². The first-order valence-electron chi connectivity index (χ1n) is 6.00. The number of aromatic hydroxyl groups is 1. The fourth-order valence-electron chi connectivity index (χ4n) is 2.67. The molecule has 0 spiro atoms. The van der Waals surface area contributed by atoms with Gasteiger partial charge >= 0.3 is 5.97 Å². The molecule has 96 valence electrons. The second kappa shape index (κ2) is 3.80. The second-order valence-electron chi connectivity index (χ2n) is 4.72. The summed E-state index contributed by atoms with van der Waals surface area (Å²) in [6, 6.07) is 3.09. The van der Waals surface area contributed by atoms with Crippen LogP contribution in [-0.4, -0.2) is 29.4 Å². The van der Waals surface area contributed by atoms with E-state index in [2.05, 4.69) is 0 Å². The molecular weight excluding hydrogens is 236 g/mol. The number of ether oxygens (including phenoxy) is 2. The van der Waals surface area contributed by atoms with Gasteiger partial charge < -0.3 is 19.7 Å². The lowest BCUT2D eigenvalue weighted by atomic mass is 9.64. The van der Waals surface area contributed by atoms with Gasteiger partial charge in [-0.25, -0.2) is 0 Å². The molecule has 1 aliphatic carbocycles. The Hall–Kier alpha value is -1.91. The maximum absolute atomic E-state index is 11.5. The number of phenolic OH excluding ortho intramolecular Hbond substituents is 1. The molecule has 1 heterocycles. The third kappa shape index (κ3) is 1.36. The molecule has 0 unspecified atom stereocenters. The average Bonchev–Trinajstić information content (AvgIpc) is 2.30. The highest BCUT2D eigenvalue weighted by Gasteiger charge is 2.50. The van der Waals surface area contributed by atoms with Crippen LogP contribution in [0, 0.1) is 0 Å². The Balaban J connectivity index is 2.18. The quantitative estimate of drug-likeness (QED) is 0.835. The topological polar surface area (TPSA) is 76.0 Å². The molecule has 5 nitrogen and oxygen atoms in total. The highest BCUT2D eigenvalue weighted by molar-refractivity contribution is 5.85. The lowest BCUT2D eigenvalue weighted by molar-refractivity contribution is -0.147.